The van der Waals surface area contributed by atoms with E-state index >= 15 is 0 Å². The fourth-order valence-corrected chi connectivity index (χ4v) is 2.17. The van der Waals surface area contributed by atoms with Gasteiger partial charge in [0.25, 0.3) is 0 Å². The molecule has 7 heteroatoms. The first-order valence-corrected chi connectivity index (χ1v) is 5.64. The molecule has 1 aliphatic rings. The zero-order valence-electron chi connectivity index (χ0n) is 9.09. The van der Waals surface area contributed by atoms with Crippen molar-refractivity contribution < 1.29 is 0 Å². The summed E-state index contributed by atoms with van der Waals surface area (Å²) in [5, 5.41) is 11.7. The number of imidazole rings is 1. The number of H-pyrrole nitrogens is 1. The zero-order chi connectivity index (χ0) is 11.2. The Morgan fingerprint density at radius 3 is 3.06 bits per heavy atom. The van der Waals surface area contributed by atoms with E-state index in [0.29, 0.717) is 11.6 Å². The normalized spacial score (nSPS) is 16.7. The first-order valence-electron chi connectivity index (χ1n) is 5.64. The number of hydrogen-bond donors (Lipinski definition) is 2. The highest BCUT2D eigenvalue weighted by Gasteiger charge is 2.20. The minimum absolute atomic E-state index is 0.667. The number of fused-ring (bicyclic) bond motifs is 3. The highest BCUT2D eigenvalue weighted by atomic mass is 15.3. The number of hydrogen-bond acceptors (Lipinski definition) is 5. The second-order valence-corrected chi connectivity index (χ2v) is 4.38. The van der Waals surface area contributed by atoms with Crippen LogP contribution in [0.3, 0.4) is 0 Å². The molecular formula is C10H11N7. The third-order valence-corrected chi connectivity index (χ3v) is 3.24. The molecule has 7 nitrogen and oxygen atoms in total. The number of nitrogens with zero attached hydrogens (tertiary/aromatic N) is 5. The van der Waals surface area contributed by atoms with E-state index in [1.807, 2.05) is 4.40 Å². The predicted molar refractivity (Wildman–Crippen MR) is 60.5 cm³/mol. The fourth-order valence-electron chi connectivity index (χ4n) is 2.17. The summed E-state index contributed by atoms with van der Waals surface area (Å²) in [5.41, 5.74) is 2.33. The Bertz CT molecular complexity index is 678. The van der Waals surface area contributed by atoms with Gasteiger partial charge >= 0.3 is 0 Å². The van der Waals surface area contributed by atoms with Gasteiger partial charge in [-0.1, -0.05) is 0 Å². The molecular weight excluding hydrogens is 218 g/mol. The quantitative estimate of drug-likeness (QED) is 0.633. The predicted octanol–water partition coefficient (Wildman–Crippen LogP) is -0.237. The Morgan fingerprint density at radius 2 is 2.24 bits per heavy atom. The molecule has 86 valence electrons. The summed E-state index contributed by atoms with van der Waals surface area (Å²) in [7, 11) is 0. The van der Waals surface area contributed by atoms with Gasteiger partial charge in [0.1, 0.15) is 17.7 Å². The summed E-state index contributed by atoms with van der Waals surface area (Å²) in [4.78, 5) is 11.4. The molecule has 0 spiro atoms. The van der Waals surface area contributed by atoms with Gasteiger partial charge < -0.3 is 10.3 Å². The van der Waals surface area contributed by atoms with Crippen LogP contribution in [0.25, 0.3) is 16.8 Å². The summed E-state index contributed by atoms with van der Waals surface area (Å²) in [6.45, 7) is 2.13. The Hall–Kier alpha value is -2.02. The molecule has 17 heavy (non-hydrogen) atoms. The summed E-state index contributed by atoms with van der Waals surface area (Å²) in [6, 6.07) is 0. The lowest BCUT2D eigenvalue weighted by Crippen LogP contribution is -2.43. The number of aromatic nitrogens is 6. The molecule has 0 radical (unpaired) electrons. The van der Waals surface area contributed by atoms with Crippen LogP contribution in [-0.2, 0) is 6.42 Å². The van der Waals surface area contributed by atoms with Crippen molar-refractivity contribution >= 4 is 16.8 Å². The lowest BCUT2D eigenvalue weighted by molar-refractivity contribution is 0.340. The molecule has 0 saturated carbocycles. The Balaban J connectivity index is 1.87. The van der Waals surface area contributed by atoms with Gasteiger partial charge in [-0.15, -0.1) is 10.2 Å². The highest BCUT2D eigenvalue weighted by molar-refractivity contribution is 5.84. The van der Waals surface area contributed by atoms with Crippen molar-refractivity contribution in [2.45, 2.75) is 6.42 Å². The second kappa shape index (κ2) is 3.24. The molecule has 3 aromatic rings. The minimum Gasteiger partial charge on any atom is -0.340 e. The summed E-state index contributed by atoms with van der Waals surface area (Å²) in [6.07, 6.45) is 4.32. The zero-order valence-corrected chi connectivity index (χ0v) is 9.09. The van der Waals surface area contributed by atoms with Crippen LogP contribution in [0, 0.1) is 5.92 Å². The molecule has 0 amide bonds. The van der Waals surface area contributed by atoms with E-state index in [1.54, 1.807) is 12.7 Å². The molecule has 0 bridgehead atoms. The average Bonchev–Trinajstić information content (AvgIpc) is 2.89. The van der Waals surface area contributed by atoms with Crippen molar-refractivity contribution in [2.24, 2.45) is 5.92 Å². The summed E-state index contributed by atoms with van der Waals surface area (Å²) in [5.74, 6) is 1.63. The van der Waals surface area contributed by atoms with Crippen molar-refractivity contribution in [1.82, 2.24) is 34.9 Å². The van der Waals surface area contributed by atoms with Gasteiger partial charge in [-0.05, 0) is 19.0 Å². The Labute approximate surface area is 96.3 Å². The second-order valence-electron chi connectivity index (χ2n) is 4.38. The van der Waals surface area contributed by atoms with E-state index < -0.39 is 0 Å². The molecule has 2 N–H and O–H groups in total. The standard InChI is InChI=1S/C10H11N7/c1(6-2-11-3-6)7-15-16-10-8-9(13-4-12-8)14-5-17(7)10/h4-6,11H,1-3H2,(H,12,13). The summed E-state index contributed by atoms with van der Waals surface area (Å²) < 4.78 is 1.94. The van der Waals surface area contributed by atoms with Crippen molar-refractivity contribution in [1.29, 1.82) is 0 Å². The Kier molecular flexibility index (Phi) is 1.72. The van der Waals surface area contributed by atoms with Gasteiger partial charge in [0.2, 0.25) is 0 Å². The molecule has 1 saturated heterocycles. The third-order valence-electron chi connectivity index (χ3n) is 3.24. The van der Waals surface area contributed by atoms with Crippen LogP contribution in [0.4, 0.5) is 0 Å². The molecule has 4 rings (SSSR count). The Morgan fingerprint density at radius 1 is 1.29 bits per heavy atom. The van der Waals surface area contributed by atoms with Crippen LogP contribution in [0.15, 0.2) is 12.7 Å². The van der Waals surface area contributed by atoms with E-state index in [4.69, 9.17) is 0 Å². The van der Waals surface area contributed by atoms with Crippen LogP contribution in [0.2, 0.25) is 0 Å². The van der Waals surface area contributed by atoms with E-state index in [0.717, 1.165) is 36.5 Å². The van der Waals surface area contributed by atoms with E-state index in [2.05, 4.69) is 30.5 Å². The van der Waals surface area contributed by atoms with Crippen LogP contribution in [-0.4, -0.2) is 42.6 Å². The van der Waals surface area contributed by atoms with Gasteiger partial charge in [0.05, 0.1) is 6.33 Å². The van der Waals surface area contributed by atoms with Gasteiger partial charge in [0, 0.05) is 6.42 Å². The largest absolute Gasteiger partial charge is 0.340 e. The van der Waals surface area contributed by atoms with Gasteiger partial charge in [-0.2, -0.15) is 0 Å². The molecule has 0 atom stereocenters. The lowest BCUT2D eigenvalue weighted by atomic mass is 9.99. The smallest absolute Gasteiger partial charge is 0.189 e. The van der Waals surface area contributed by atoms with Crippen molar-refractivity contribution in [2.75, 3.05) is 13.1 Å². The maximum absolute atomic E-state index is 4.28. The molecule has 3 aromatic heterocycles. The van der Waals surface area contributed by atoms with E-state index in [-0.39, 0.29) is 0 Å². The lowest BCUT2D eigenvalue weighted by Gasteiger charge is -2.25. The highest BCUT2D eigenvalue weighted by Crippen LogP contribution is 2.16. The number of aromatic amines is 1. The van der Waals surface area contributed by atoms with Crippen LogP contribution >= 0.6 is 0 Å². The molecule has 1 aliphatic heterocycles. The van der Waals surface area contributed by atoms with Crippen LogP contribution in [0.5, 0.6) is 0 Å². The number of nitrogens with one attached hydrogen (secondary N) is 2. The van der Waals surface area contributed by atoms with Crippen molar-refractivity contribution in [3.05, 3.63) is 18.5 Å². The van der Waals surface area contributed by atoms with E-state index in [1.165, 1.54) is 0 Å². The van der Waals surface area contributed by atoms with Gasteiger partial charge in [0.15, 0.2) is 11.3 Å². The maximum Gasteiger partial charge on any atom is 0.189 e. The maximum atomic E-state index is 4.28. The van der Waals surface area contributed by atoms with Gasteiger partial charge in [-0.3, -0.25) is 4.40 Å². The molecule has 0 unspecified atom stereocenters. The first kappa shape index (κ1) is 9.06. The SMILES string of the molecule is c1nc2ncn3c(CC4CNC4)nnc3c2[nH]1. The molecule has 1 fully saturated rings. The average molecular weight is 229 g/mol. The number of rotatable bonds is 2. The monoisotopic (exact) mass is 229 g/mol. The topological polar surface area (TPSA) is 83.8 Å². The van der Waals surface area contributed by atoms with Gasteiger partial charge in [-0.25, -0.2) is 9.97 Å². The van der Waals surface area contributed by atoms with Crippen LogP contribution in [0.1, 0.15) is 5.82 Å². The van der Waals surface area contributed by atoms with E-state index in [9.17, 15) is 0 Å². The molecule has 0 aromatic carbocycles. The minimum atomic E-state index is 0.667. The first-order chi connectivity index (χ1) is 8.42. The summed E-state index contributed by atoms with van der Waals surface area (Å²) >= 11 is 0. The fraction of sp³-hybridized carbons (Fsp3) is 0.400. The molecule has 0 aliphatic carbocycles. The van der Waals surface area contributed by atoms with Crippen molar-refractivity contribution in [3.63, 3.8) is 0 Å². The van der Waals surface area contributed by atoms with Crippen LogP contribution < -0.4 is 5.32 Å². The molecule has 4 heterocycles. The van der Waals surface area contributed by atoms with Crippen molar-refractivity contribution in [3.8, 4) is 0 Å². The third kappa shape index (κ3) is 1.26.